The molecule has 0 atom stereocenters. The highest BCUT2D eigenvalue weighted by molar-refractivity contribution is 5.95. The van der Waals surface area contributed by atoms with Crippen LogP contribution in [0, 0.1) is 12.8 Å². The molecule has 1 amide bonds. The van der Waals surface area contributed by atoms with Crippen molar-refractivity contribution in [1.29, 1.82) is 0 Å². The Morgan fingerprint density at radius 2 is 1.95 bits per heavy atom. The summed E-state index contributed by atoms with van der Waals surface area (Å²) in [5, 5.41) is 9.00. The number of carbonyl (C=O) groups excluding carboxylic acids is 1. The maximum Gasteiger partial charge on any atom is 0.306 e. The van der Waals surface area contributed by atoms with Crippen molar-refractivity contribution in [3.8, 4) is 0 Å². The van der Waals surface area contributed by atoms with Gasteiger partial charge in [0, 0.05) is 19.3 Å². The summed E-state index contributed by atoms with van der Waals surface area (Å²) in [6.45, 7) is 6.74. The van der Waals surface area contributed by atoms with Crippen LogP contribution < -0.4 is 0 Å². The molecular weight excluding hydrogens is 270 g/mol. The van der Waals surface area contributed by atoms with Crippen LogP contribution in [-0.4, -0.2) is 44.9 Å². The molecule has 2 rings (SSSR count). The summed E-state index contributed by atoms with van der Waals surface area (Å²) in [6, 6.07) is 0. The van der Waals surface area contributed by atoms with Gasteiger partial charge < -0.3 is 10.0 Å². The fourth-order valence-electron chi connectivity index (χ4n) is 2.59. The van der Waals surface area contributed by atoms with E-state index in [-0.39, 0.29) is 17.7 Å². The van der Waals surface area contributed by atoms with Crippen LogP contribution in [0.3, 0.4) is 0 Å². The molecule has 0 aromatic carbocycles. The molecule has 114 valence electrons. The molecule has 0 unspecified atom stereocenters. The van der Waals surface area contributed by atoms with Crippen molar-refractivity contribution < 1.29 is 14.7 Å². The molecule has 0 bridgehead atoms. The van der Waals surface area contributed by atoms with Crippen molar-refractivity contribution in [3.05, 3.63) is 23.3 Å². The van der Waals surface area contributed by atoms with Crippen molar-refractivity contribution in [2.45, 2.75) is 39.5 Å². The summed E-state index contributed by atoms with van der Waals surface area (Å²) in [7, 11) is 0. The Bertz CT molecular complexity index is 549. The Kier molecular flexibility index (Phi) is 4.55. The molecule has 1 aliphatic rings. The topological polar surface area (TPSA) is 83.4 Å². The molecule has 1 aromatic rings. The number of aliphatic carboxylic acids is 1. The van der Waals surface area contributed by atoms with E-state index >= 15 is 0 Å². The van der Waals surface area contributed by atoms with Gasteiger partial charge in [0.1, 0.15) is 5.82 Å². The van der Waals surface area contributed by atoms with Gasteiger partial charge in [-0.1, -0.05) is 13.8 Å². The Labute approximate surface area is 124 Å². The lowest BCUT2D eigenvalue weighted by Gasteiger charge is -2.30. The predicted octanol–water partition coefficient (Wildman–Crippen LogP) is 1.85. The molecule has 1 N–H and O–H groups in total. The van der Waals surface area contributed by atoms with E-state index in [4.69, 9.17) is 5.11 Å². The van der Waals surface area contributed by atoms with Crippen LogP contribution >= 0.6 is 0 Å². The number of likely N-dealkylation sites (tertiary alicyclic amines) is 1. The predicted molar refractivity (Wildman–Crippen MR) is 77.1 cm³/mol. The third kappa shape index (κ3) is 3.37. The number of carboxylic acids is 1. The molecule has 6 nitrogen and oxygen atoms in total. The summed E-state index contributed by atoms with van der Waals surface area (Å²) in [5.74, 6) is -0.416. The van der Waals surface area contributed by atoms with Gasteiger partial charge in [0.25, 0.3) is 5.91 Å². The van der Waals surface area contributed by atoms with E-state index in [2.05, 4.69) is 9.97 Å². The van der Waals surface area contributed by atoms with Gasteiger partial charge in [0.2, 0.25) is 0 Å². The molecule has 2 heterocycles. The van der Waals surface area contributed by atoms with Gasteiger partial charge in [0.15, 0.2) is 0 Å². The van der Waals surface area contributed by atoms with Gasteiger partial charge in [-0.15, -0.1) is 0 Å². The monoisotopic (exact) mass is 291 g/mol. The lowest BCUT2D eigenvalue weighted by atomic mass is 9.96. The minimum atomic E-state index is -0.774. The van der Waals surface area contributed by atoms with E-state index in [0.717, 1.165) is 5.69 Å². The highest BCUT2D eigenvalue weighted by atomic mass is 16.4. The number of aryl methyl sites for hydroxylation is 1. The lowest BCUT2D eigenvalue weighted by Crippen LogP contribution is -2.40. The van der Waals surface area contributed by atoms with Crippen LogP contribution in [0.25, 0.3) is 0 Å². The molecule has 1 saturated heterocycles. The van der Waals surface area contributed by atoms with Crippen molar-refractivity contribution in [2.75, 3.05) is 13.1 Å². The van der Waals surface area contributed by atoms with Crippen molar-refractivity contribution in [1.82, 2.24) is 14.9 Å². The van der Waals surface area contributed by atoms with Crippen molar-refractivity contribution >= 4 is 11.9 Å². The number of hydrogen-bond acceptors (Lipinski definition) is 4. The number of rotatable bonds is 3. The van der Waals surface area contributed by atoms with Crippen molar-refractivity contribution in [2.24, 2.45) is 5.92 Å². The number of hydrogen-bond donors (Lipinski definition) is 1. The zero-order valence-electron chi connectivity index (χ0n) is 12.7. The number of carbonyl (C=O) groups is 2. The second-order valence-electron chi connectivity index (χ2n) is 5.78. The van der Waals surface area contributed by atoms with E-state index in [0.29, 0.717) is 37.3 Å². The molecule has 0 aliphatic carbocycles. The zero-order valence-corrected chi connectivity index (χ0v) is 12.7. The van der Waals surface area contributed by atoms with Gasteiger partial charge in [-0.05, 0) is 25.7 Å². The summed E-state index contributed by atoms with van der Waals surface area (Å²) in [4.78, 5) is 33.8. The average Bonchev–Trinajstić information content (AvgIpc) is 2.46. The fourth-order valence-corrected chi connectivity index (χ4v) is 2.59. The largest absolute Gasteiger partial charge is 0.481 e. The molecule has 0 radical (unpaired) electrons. The number of amides is 1. The first-order valence-electron chi connectivity index (χ1n) is 7.25. The first kappa shape index (κ1) is 15.4. The Morgan fingerprint density at radius 3 is 2.48 bits per heavy atom. The lowest BCUT2D eigenvalue weighted by molar-refractivity contribution is -0.143. The van der Waals surface area contributed by atoms with Gasteiger partial charge in [-0.2, -0.15) is 0 Å². The minimum absolute atomic E-state index is 0.0949. The zero-order chi connectivity index (χ0) is 15.6. The molecule has 21 heavy (non-hydrogen) atoms. The second-order valence-corrected chi connectivity index (χ2v) is 5.78. The summed E-state index contributed by atoms with van der Waals surface area (Å²) in [6.07, 6.45) is 2.60. The number of nitrogens with zero attached hydrogens (tertiary/aromatic N) is 3. The minimum Gasteiger partial charge on any atom is -0.481 e. The molecule has 1 aromatic heterocycles. The number of carboxylic acid groups (broad SMARTS) is 1. The summed E-state index contributed by atoms with van der Waals surface area (Å²) >= 11 is 0. The molecule has 0 saturated carbocycles. The van der Waals surface area contributed by atoms with Crippen LogP contribution in [0.5, 0.6) is 0 Å². The summed E-state index contributed by atoms with van der Waals surface area (Å²) < 4.78 is 0. The first-order valence-corrected chi connectivity index (χ1v) is 7.25. The third-order valence-corrected chi connectivity index (χ3v) is 3.85. The van der Waals surface area contributed by atoms with Crippen LogP contribution in [0.1, 0.15) is 54.5 Å². The Hall–Kier alpha value is -1.98. The van der Waals surface area contributed by atoms with Gasteiger partial charge in [0.05, 0.1) is 17.2 Å². The van der Waals surface area contributed by atoms with E-state index in [1.807, 2.05) is 13.8 Å². The molecule has 1 aliphatic heterocycles. The number of piperidine rings is 1. The van der Waals surface area contributed by atoms with Crippen LogP contribution in [-0.2, 0) is 4.79 Å². The highest BCUT2D eigenvalue weighted by Gasteiger charge is 2.29. The van der Waals surface area contributed by atoms with Gasteiger partial charge in [-0.3, -0.25) is 9.59 Å². The van der Waals surface area contributed by atoms with Crippen LogP contribution in [0.4, 0.5) is 0 Å². The summed E-state index contributed by atoms with van der Waals surface area (Å²) in [5.41, 5.74) is 1.29. The Balaban J connectivity index is 2.16. The highest BCUT2D eigenvalue weighted by Crippen LogP contribution is 2.22. The van der Waals surface area contributed by atoms with Crippen LogP contribution in [0.2, 0.25) is 0 Å². The fraction of sp³-hybridized carbons (Fsp3) is 0.600. The average molecular weight is 291 g/mol. The standard InChI is InChI=1S/C15H21N3O3/c1-9(2)13-12(8-16-10(3)17-13)14(19)18-6-4-11(5-7-18)15(20)21/h8-9,11H,4-7H2,1-3H3,(H,20,21). The molecule has 1 fully saturated rings. The van der Waals surface area contributed by atoms with E-state index < -0.39 is 5.97 Å². The van der Waals surface area contributed by atoms with Gasteiger partial charge >= 0.3 is 5.97 Å². The number of aromatic nitrogens is 2. The smallest absolute Gasteiger partial charge is 0.306 e. The molecule has 0 spiro atoms. The normalized spacial score (nSPS) is 16.3. The molecule has 6 heteroatoms. The SMILES string of the molecule is Cc1ncc(C(=O)N2CCC(C(=O)O)CC2)c(C(C)C)n1. The maximum absolute atomic E-state index is 12.6. The third-order valence-electron chi connectivity index (χ3n) is 3.85. The molecular formula is C15H21N3O3. The maximum atomic E-state index is 12.6. The van der Waals surface area contributed by atoms with Crippen LogP contribution in [0.15, 0.2) is 6.20 Å². The second kappa shape index (κ2) is 6.20. The van der Waals surface area contributed by atoms with E-state index in [1.54, 1.807) is 18.0 Å². The van der Waals surface area contributed by atoms with Gasteiger partial charge in [-0.25, -0.2) is 9.97 Å². The Morgan fingerprint density at radius 1 is 1.33 bits per heavy atom. The van der Waals surface area contributed by atoms with E-state index in [1.165, 1.54) is 0 Å². The quantitative estimate of drug-likeness (QED) is 0.918. The van der Waals surface area contributed by atoms with E-state index in [9.17, 15) is 9.59 Å². The first-order chi connectivity index (χ1) is 9.90. The van der Waals surface area contributed by atoms with Crippen molar-refractivity contribution in [3.63, 3.8) is 0 Å².